The fraction of sp³-hybridized carbons (Fsp3) is 0.200. The average Bonchev–Trinajstić information content (AvgIpc) is 2.99. The van der Waals surface area contributed by atoms with E-state index in [0.29, 0.717) is 19.6 Å². The van der Waals surface area contributed by atoms with Crippen LogP contribution in [0.25, 0.3) is 11.3 Å². The second-order valence-electron chi connectivity index (χ2n) is 6.28. The Morgan fingerprint density at radius 1 is 1.00 bits per heavy atom. The molecule has 2 aromatic carbocycles. The van der Waals surface area contributed by atoms with Crippen molar-refractivity contribution in [3.05, 3.63) is 77.5 Å². The van der Waals surface area contributed by atoms with Crippen molar-refractivity contribution in [1.82, 2.24) is 14.7 Å². The van der Waals surface area contributed by atoms with Crippen molar-refractivity contribution in [2.24, 2.45) is 0 Å². The number of benzene rings is 2. The van der Waals surface area contributed by atoms with Crippen LogP contribution in [-0.4, -0.2) is 20.6 Å². The van der Waals surface area contributed by atoms with Gasteiger partial charge in [0.15, 0.2) is 0 Å². The van der Waals surface area contributed by atoms with Gasteiger partial charge in [0.1, 0.15) is 6.54 Å². The van der Waals surface area contributed by atoms with Crippen LogP contribution in [0.5, 0.6) is 0 Å². The van der Waals surface area contributed by atoms with E-state index in [-0.39, 0.29) is 5.91 Å². The molecular weight excluding hydrogens is 298 g/mol. The lowest BCUT2D eigenvalue weighted by atomic mass is 10.1. The number of amides is 1. The fourth-order valence-electron chi connectivity index (χ4n) is 3.04. The van der Waals surface area contributed by atoms with Gasteiger partial charge in [-0.2, -0.15) is 5.10 Å². The van der Waals surface area contributed by atoms with Crippen molar-refractivity contribution >= 4 is 5.91 Å². The number of fused-ring (bicyclic) bond motifs is 1. The summed E-state index contributed by atoms with van der Waals surface area (Å²) in [6.45, 7) is 3.63. The number of hydrogen-bond acceptors (Lipinski definition) is 2. The summed E-state index contributed by atoms with van der Waals surface area (Å²) in [5, 5.41) is 4.61. The van der Waals surface area contributed by atoms with Gasteiger partial charge in [-0.3, -0.25) is 9.48 Å². The number of rotatable bonds is 3. The molecule has 120 valence electrons. The minimum absolute atomic E-state index is 0.116. The minimum atomic E-state index is 0.116. The molecule has 0 N–H and O–H groups in total. The molecule has 1 aliphatic heterocycles. The number of carbonyl (C=O) groups excluding carboxylic acids is 1. The van der Waals surface area contributed by atoms with E-state index in [4.69, 9.17) is 0 Å². The molecule has 4 nitrogen and oxygen atoms in total. The summed E-state index contributed by atoms with van der Waals surface area (Å²) >= 11 is 0. The van der Waals surface area contributed by atoms with Gasteiger partial charge in [-0.15, -0.1) is 0 Å². The molecule has 3 aromatic rings. The van der Waals surface area contributed by atoms with Gasteiger partial charge < -0.3 is 4.90 Å². The number of aromatic nitrogens is 2. The maximum atomic E-state index is 12.4. The van der Waals surface area contributed by atoms with E-state index in [1.165, 1.54) is 5.56 Å². The quantitative estimate of drug-likeness (QED) is 0.742. The predicted octanol–water partition coefficient (Wildman–Crippen LogP) is 3.40. The summed E-state index contributed by atoms with van der Waals surface area (Å²) < 4.78 is 1.83. The van der Waals surface area contributed by atoms with Crippen molar-refractivity contribution in [2.45, 2.75) is 26.6 Å². The van der Waals surface area contributed by atoms with Gasteiger partial charge >= 0.3 is 0 Å². The van der Waals surface area contributed by atoms with Crippen LogP contribution in [0, 0.1) is 6.92 Å². The summed E-state index contributed by atoms with van der Waals surface area (Å²) in [7, 11) is 0. The Kier molecular flexibility index (Phi) is 3.65. The number of aryl methyl sites for hydroxylation is 1. The summed E-state index contributed by atoms with van der Waals surface area (Å²) in [6, 6.07) is 20.5. The maximum absolute atomic E-state index is 12.4. The molecule has 4 rings (SSSR count). The smallest absolute Gasteiger partial charge is 0.244 e. The third-order valence-electron chi connectivity index (χ3n) is 4.42. The third-order valence-corrected chi connectivity index (χ3v) is 4.42. The molecule has 0 saturated carbocycles. The Morgan fingerprint density at radius 2 is 1.75 bits per heavy atom. The van der Waals surface area contributed by atoms with E-state index in [9.17, 15) is 4.79 Å². The van der Waals surface area contributed by atoms with Crippen LogP contribution in [0.3, 0.4) is 0 Å². The molecule has 1 amide bonds. The van der Waals surface area contributed by atoms with Crippen molar-refractivity contribution in [3.63, 3.8) is 0 Å². The van der Waals surface area contributed by atoms with Gasteiger partial charge in [0.05, 0.1) is 17.9 Å². The van der Waals surface area contributed by atoms with E-state index < -0.39 is 0 Å². The first-order chi connectivity index (χ1) is 11.7. The first-order valence-corrected chi connectivity index (χ1v) is 8.14. The van der Waals surface area contributed by atoms with Crippen LogP contribution in [0.1, 0.15) is 16.8 Å². The lowest BCUT2D eigenvalue weighted by molar-refractivity contribution is -0.135. The standard InChI is InChI=1S/C20H19N3O/c1-15-7-9-17(10-8-15)19-11-18-13-22(20(24)14-23(18)21-19)12-16-5-3-2-4-6-16/h2-11H,12-14H2,1H3. The maximum Gasteiger partial charge on any atom is 0.244 e. The van der Waals surface area contributed by atoms with Crippen molar-refractivity contribution in [1.29, 1.82) is 0 Å². The average molecular weight is 317 g/mol. The van der Waals surface area contributed by atoms with Crippen LogP contribution in [0.4, 0.5) is 0 Å². The molecule has 24 heavy (non-hydrogen) atoms. The summed E-state index contributed by atoms with van der Waals surface area (Å²) in [6.07, 6.45) is 0. The van der Waals surface area contributed by atoms with Crippen molar-refractivity contribution in [2.75, 3.05) is 0 Å². The molecule has 0 fully saturated rings. The molecule has 0 unspecified atom stereocenters. The zero-order valence-corrected chi connectivity index (χ0v) is 13.6. The highest BCUT2D eigenvalue weighted by molar-refractivity contribution is 5.77. The van der Waals surface area contributed by atoms with Gasteiger partial charge in [-0.25, -0.2) is 0 Å². The highest BCUT2D eigenvalue weighted by Crippen LogP contribution is 2.23. The molecule has 0 atom stereocenters. The number of nitrogens with zero attached hydrogens (tertiary/aromatic N) is 3. The monoisotopic (exact) mass is 317 g/mol. The van der Waals surface area contributed by atoms with Gasteiger partial charge in [0.2, 0.25) is 5.91 Å². The second-order valence-corrected chi connectivity index (χ2v) is 6.28. The SMILES string of the molecule is Cc1ccc(-c2cc3n(n2)CC(=O)N(Cc2ccccc2)C3)cc1. The Labute approximate surface area is 141 Å². The van der Waals surface area contributed by atoms with Gasteiger partial charge in [0.25, 0.3) is 0 Å². The molecule has 2 heterocycles. The molecule has 0 radical (unpaired) electrons. The predicted molar refractivity (Wildman–Crippen MR) is 93.1 cm³/mol. The van der Waals surface area contributed by atoms with Crippen LogP contribution in [0.2, 0.25) is 0 Å². The van der Waals surface area contributed by atoms with Crippen molar-refractivity contribution in [3.8, 4) is 11.3 Å². The van der Waals surface area contributed by atoms with Gasteiger partial charge in [0, 0.05) is 12.1 Å². The second kappa shape index (κ2) is 5.96. The molecule has 0 saturated heterocycles. The molecule has 1 aromatic heterocycles. The van der Waals surface area contributed by atoms with E-state index in [1.807, 2.05) is 27.8 Å². The first-order valence-electron chi connectivity index (χ1n) is 8.14. The first kappa shape index (κ1) is 14.7. The summed E-state index contributed by atoms with van der Waals surface area (Å²) in [5.41, 5.74) is 5.48. The zero-order valence-electron chi connectivity index (χ0n) is 13.6. The normalized spacial score (nSPS) is 13.9. The Morgan fingerprint density at radius 3 is 2.50 bits per heavy atom. The van der Waals surface area contributed by atoms with Crippen molar-refractivity contribution < 1.29 is 4.79 Å². The lowest BCUT2D eigenvalue weighted by Gasteiger charge is -2.27. The van der Waals surface area contributed by atoms with E-state index in [1.54, 1.807) is 0 Å². The highest BCUT2D eigenvalue weighted by atomic mass is 16.2. The molecule has 0 aliphatic carbocycles. The fourth-order valence-corrected chi connectivity index (χ4v) is 3.04. The van der Waals surface area contributed by atoms with E-state index in [2.05, 4.69) is 54.5 Å². The van der Waals surface area contributed by atoms with Gasteiger partial charge in [-0.1, -0.05) is 60.2 Å². The molecule has 1 aliphatic rings. The van der Waals surface area contributed by atoms with E-state index >= 15 is 0 Å². The number of carbonyl (C=O) groups is 1. The highest BCUT2D eigenvalue weighted by Gasteiger charge is 2.24. The zero-order chi connectivity index (χ0) is 16.5. The van der Waals surface area contributed by atoms with Crippen LogP contribution < -0.4 is 0 Å². The Hall–Kier alpha value is -2.88. The topological polar surface area (TPSA) is 38.1 Å². The third kappa shape index (κ3) is 2.83. The number of hydrogen-bond donors (Lipinski definition) is 0. The minimum Gasteiger partial charge on any atom is -0.331 e. The van der Waals surface area contributed by atoms with Gasteiger partial charge in [-0.05, 0) is 18.6 Å². The largest absolute Gasteiger partial charge is 0.331 e. The summed E-state index contributed by atoms with van der Waals surface area (Å²) in [5.74, 6) is 0.116. The molecule has 0 bridgehead atoms. The summed E-state index contributed by atoms with van der Waals surface area (Å²) in [4.78, 5) is 14.3. The molecular formula is C20H19N3O. The van der Waals surface area contributed by atoms with Crippen LogP contribution >= 0.6 is 0 Å². The molecule has 0 spiro atoms. The molecule has 4 heteroatoms. The lowest BCUT2D eigenvalue weighted by Crippen LogP contribution is -2.38. The van der Waals surface area contributed by atoms with Crippen LogP contribution in [0.15, 0.2) is 60.7 Å². The Bertz CT molecular complexity index is 866. The van der Waals surface area contributed by atoms with E-state index in [0.717, 1.165) is 22.5 Å². The Balaban J connectivity index is 1.58. The van der Waals surface area contributed by atoms with Crippen LogP contribution in [-0.2, 0) is 24.4 Å².